The van der Waals surface area contributed by atoms with Gasteiger partial charge in [-0.25, -0.2) is 27.2 Å². The number of anilines is 2. The summed E-state index contributed by atoms with van der Waals surface area (Å²) in [6.45, 7) is 16.3. The highest BCUT2D eigenvalue weighted by atomic mass is 32.2. The van der Waals surface area contributed by atoms with Gasteiger partial charge in [-0.2, -0.15) is 0 Å². The predicted octanol–water partition coefficient (Wildman–Crippen LogP) is 9.07. The van der Waals surface area contributed by atoms with Crippen LogP contribution in [0.1, 0.15) is 111 Å². The van der Waals surface area contributed by atoms with E-state index in [9.17, 15) is 17.2 Å². The Labute approximate surface area is 291 Å². The molecule has 270 valence electrons. The van der Waals surface area contributed by atoms with E-state index >= 15 is 0 Å². The summed E-state index contributed by atoms with van der Waals surface area (Å²) < 4.78 is 57.7. The van der Waals surface area contributed by atoms with Gasteiger partial charge in [0.25, 0.3) is 0 Å². The number of nitrogens with one attached hydrogen (secondary N) is 1. The van der Waals surface area contributed by atoms with Gasteiger partial charge < -0.3 is 14.9 Å². The zero-order valence-corrected chi connectivity index (χ0v) is 31.2. The van der Waals surface area contributed by atoms with Crippen molar-refractivity contribution >= 4 is 43.5 Å². The molecule has 11 heteroatoms. The van der Waals surface area contributed by atoms with E-state index in [1.54, 1.807) is 19.1 Å². The van der Waals surface area contributed by atoms with Crippen LogP contribution in [0.2, 0.25) is 0 Å². The Kier molecular flexibility index (Phi) is 11.0. The van der Waals surface area contributed by atoms with Gasteiger partial charge in [-0.1, -0.05) is 41.5 Å². The summed E-state index contributed by atoms with van der Waals surface area (Å²) >= 11 is 0. The van der Waals surface area contributed by atoms with Gasteiger partial charge in [0.1, 0.15) is 24.0 Å². The molecule has 2 aromatic heterocycles. The Morgan fingerprint density at radius 3 is 1.59 bits per heavy atom. The molecule has 4 aromatic rings. The van der Waals surface area contributed by atoms with E-state index in [0.717, 1.165) is 78.2 Å². The second-order valence-corrected chi connectivity index (χ2v) is 18.3. The molecule has 6 rings (SSSR count). The second-order valence-electron chi connectivity index (χ2n) is 16.3. The number of alkyl halides is 2. The van der Waals surface area contributed by atoms with Gasteiger partial charge in [-0.15, -0.1) is 0 Å². The molecule has 2 aromatic carbocycles. The van der Waals surface area contributed by atoms with Crippen molar-refractivity contribution < 1.29 is 17.2 Å². The molecule has 0 bridgehead atoms. The number of nitrogen functional groups attached to an aromatic ring is 1. The van der Waals surface area contributed by atoms with Crippen LogP contribution in [-0.4, -0.2) is 45.6 Å². The highest BCUT2D eigenvalue weighted by molar-refractivity contribution is 7.92. The molecule has 0 aliphatic heterocycles. The van der Waals surface area contributed by atoms with Gasteiger partial charge in [-0.3, -0.25) is 4.72 Å². The molecule has 3 N–H and O–H groups in total. The Morgan fingerprint density at radius 1 is 0.735 bits per heavy atom. The molecule has 0 amide bonds. The lowest BCUT2D eigenvalue weighted by Crippen LogP contribution is -2.24. The minimum atomic E-state index is -3.32. The Balaban J connectivity index is 0.000000195. The van der Waals surface area contributed by atoms with E-state index in [1.165, 1.54) is 0 Å². The normalized spacial score (nSPS) is 22.2. The number of fused-ring (bicyclic) bond motifs is 2. The molecular formula is C38H56F2N6O2S. The molecule has 0 saturated heterocycles. The first kappa shape index (κ1) is 37.1. The van der Waals surface area contributed by atoms with Crippen molar-refractivity contribution in [1.29, 1.82) is 0 Å². The van der Waals surface area contributed by atoms with E-state index in [2.05, 4.69) is 61.5 Å². The largest absolute Gasteiger partial charge is 0.399 e. The molecule has 2 fully saturated rings. The molecule has 2 aliphatic rings. The maximum Gasteiger partial charge on any atom is 0.232 e. The van der Waals surface area contributed by atoms with Gasteiger partial charge >= 0.3 is 0 Å². The summed E-state index contributed by atoms with van der Waals surface area (Å²) in [6, 6.07) is 11.5. The summed E-state index contributed by atoms with van der Waals surface area (Å²) in [7, 11) is -3.32. The lowest BCUT2D eigenvalue weighted by Gasteiger charge is -2.27. The monoisotopic (exact) mass is 698 g/mol. The molecule has 49 heavy (non-hydrogen) atoms. The van der Waals surface area contributed by atoms with Crippen molar-refractivity contribution in [2.24, 2.45) is 11.8 Å². The van der Waals surface area contributed by atoms with Crippen molar-refractivity contribution in [3.8, 4) is 0 Å². The SMILES string of the molecule is CC(C)(C)c1nc2cc(N)ccc2n1CC1CCC(F)CC1.CCS(=O)(=O)Nc1ccc2c(c1)nc(C(C)(C)C)n2CC1CCC(F)CC1. The van der Waals surface area contributed by atoms with E-state index in [1.807, 2.05) is 18.2 Å². The quantitative estimate of drug-likeness (QED) is 0.187. The van der Waals surface area contributed by atoms with Gasteiger partial charge in [0, 0.05) is 29.6 Å². The highest BCUT2D eigenvalue weighted by Crippen LogP contribution is 2.34. The molecule has 0 radical (unpaired) electrons. The number of nitrogens with two attached hydrogens (primary N) is 1. The Bertz CT molecular complexity index is 1840. The van der Waals surface area contributed by atoms with Gasteiger partial charge in [-0.05, 0) is 107 Å². The average molecular weight is 699 g/mol. The third-order valence-corrected chi connectivity index (χ3v) is 11.3. The topological polar surface area (TPSA) is 108 Å². The van der Waals surface area contributed by atoms with Crippen LogP contribution in [0.15, 0.2) is 36.4 Å². The Hall–Kier alpha value is -3.21. The van der Waals surface area contributed by atoms with Gasteiger partial charge in [0.2, 0.25) is 10.0 Å². The van der Waals surface area contributed by atoms with Crippen molar-refractivity contribution in [1.82, 2.24) is 19.1 Å². The number of rotatable bonds is 7. The van der Waals surface area contributed by atoms with Crippen molar-refractivity contribution in [2.45, 2.75) is 136 Å². The summed E-state index contributed by atoms with van der Waals surface area (Å²) in [5, 5.41) is 0. The number of hydrogen-bond acceptors (Lipinski definition) is 5. The fourth-order valence-corrected chi connectivity index (χ4v) is 7.86. The summed E-state index contributed by atoms with van der Waals surface area (Å²) in [5.74, 6) is 3.10. The van der Waals surface area contributed by atoms with Crippen molar-refractivity contribution in [3.05, 3.63) is 48.0 Å². The molecule has 8 nitrogen and oxygen atoms in total. The lowest BCUT2D eigenvalue weighted by molar-refractivity contribution is 0.194. The lowest BCUT2D eigenvalue weighted by atomic mass is 9.87. The number of sulfonamides is 1. The van der Waals surface area contributed by atoms with Crippen molar-refractivity contribution in [2.75, 3.05) is 16.2 Å². The number of nitrogens with zero attached hydrogens (tertiary/aromatic N) is 4. The summed E-state index contributed by atoms with van der Waals surface area (Å²) in [5.41, 5.74) is 10.9. The first-order valence-corrected chi connectivity index (χ1v) is 19.6. The summed E-state index contributed by atoms with van der Waals surface area (Å²) in [6.07, 6.45) is 5.19. The zero-order chi connectivity index (χ0) is 35.7. The van der Waals surface area contributed by atoms with Crippen LogP contribution in [-0.2, 0) is 33.9 Å². The number of aromatic nitrogens is 4. The molecule has 0 unspecified atom stereocenters. The number of hydrogen-bond donors (Lipinski definition) is 2. The van der Waals surface area contributed by atoms with Crippen LogP contribution in [0.3, 0.4) is 0 Å². The summed E-state index contributed by atoms with van der Waals surface area (Å²) in [4.78, 5) is 9.67. The van der Waals surface area contributed by atoms with E-state index < -0.39 is 22.4 Å². The number of halogens is 2. The second kappa shape index (κ2) is 14.6. The first-order chi connectivity index (χ1) is 22.9. The van der Waals surface area contributed by atoms with Crippen LogP contribution in [0.4, 0.5) is 20.2 Å². The van der Waals surface area contributed by atoms with Crippen LogP contribution in [0.25, 0.3) is 22.1 Å². The smallest absolute Gasteiger partial charge is 0.232 e. The molecular weight excluding hydrogens is 643 g/mol. The minimum absolute atomic E-state index is 0.0227. The Morgan fingerprint density at radius 2 is 1.16 bits per heavy atom. The fourth-order valence-electron chi connectivity index (χ4n) is 7.23. The van der Waals surface area contributed by atoms with E-state index in [0.29, 0.717) is 43.2 Å². The predicted molar refractivity (Wildman–Crippen MR) is 198 cm³/mol. The first-order valence-electron chi connectivity index (χ1n) is 18.0. The fraction of sp³-hybridized carbons (Fsp3) is 0.632. The molecule has 2 saturated carbocycles. The standard InChI is InChI=1S/C20H30FN3O2S.C18H26FN3/c1-5-27(25,26)23-16-10-11-18-17(12-16)22-19(20(2,3)4)24(18)13-14-6-8-15(21)9-7-14;1-18(2,3)17-21-15-10-14(20)8-9-16(15)22(17)11-12-4-6-13(19)7-5-12/h10-12,14-15,23H,5-9,13H2,1-4H3;8-10,12-13H,4-7,11,20H2,1-3H3. The molecule has 2 heterocycles. The third kappa shape index (κ3) is 9.13. The average Bonchev–Trinajstić information content (AvgIpc) is 3.57. The van der Waals surface area contributed by atoms with E-state index in [4.69, 9.17) is 15.7 Å². The molecule has 0 spiro atoms. The van der Waals surface area contributed by atoms with Gasteiger partial charge in [0.15, 0.2) is 0 Å². The number of imidazole rings is 2. The maximum atomic E-state index is 13.5. The van der Waals surface area contributed by atoms with Crippen LogP contribution < -0.4 is 10.5 Å². The highest BCUT2D eigenvalue weighted by Gasteiger charge is 2.28. The molecule has 2 aliphatic carbocycles. The minimum Gasteiger partial charge on any atom is -0.399 e. The van der Waals surface area contributed by atoms with Crippen LogP contribution in [0, 0.1) is 11.8 Å². The molecule has 0 atom stereocenters. The number of benzene rings is 2. The van der Waals surface area contributed by atoms with Crippen LogP contribution >= 0.6 is 0 Å². The van der Waals surface area contributed by atoms with Crippen molar-refractivity contribution in [3.63, 3.8) is 0 Å². The maximum absolute atomic E-state index is 13.5. The van der Waals surface area contributed by atoms with Gasteiger partial charge in [0.05, 0.1) is 33.5 Å². The van der Waals surface area contributed by atoms with E-state index in [-0.39, 0.29) is 16.6 Å². The third-order valence-electron chi connectivity index (χ3n) is 9.95. The van der Waals surface area contributed by atoms with Crippen LogP contribution in [0.5, 0.6) is 0 Å². The zero-order valence-electron chi connectivity index (χ0n) is 30.4.